The molecule has 1 amide bonds. The zero-order valence-electron chi connectivity index (χ0n) is 15.8. The Hall–Kier alpha value is -2.18. The average molecular weight is 387 g/mol. The summed E-state index contributed by atoms with van der Waals surface area (Å²) in [6.45, 7) is 4.54. The predicted octanol–water partition coefficient (Wildman–Crippen LogP) is 3.75. The zero-order valence-corrected chi connectivity index (χ0v) is 16.6. The third-order valence-corrected chi connectivity index (χ3v) is 6.41. The SMILES string of the molecule is CCCC(C)NS(=O)(=O)c1ccc2c(c1)CCCN2C(=O)c1ccccc1. The van der Waals surface area contributed by atoms with Gasteiger partial charge in [0.2, 0.25) is 10.0 Å². The van der Waals surface area contributed by atoms with E-state index in [0.29, 0.717) is 12.1 Å². The molecule has 3 rings (SSSR count). The fourth-order valence-corrected chi connectivity index (χ4v) is 4.84. The van der Waals surface area contributed by atoms with Crippen LogP contribution in [-0.4, -0.2) is 26.9 Å². The van der Waals surface area contributed by atoms with Crippen molar-refractivity contribution in [2.45, 2.75) is 50.5 Å². The van der Waals surface area contributed by atoms with Crippen molar-refractivity contribution in [1.82, 2.24) is 4.72 Å². The summed E-state index contributed by atoms with van der Waals surface area (Å²) in [5, 5.41) is 0. The van der Waals surface area contributed by atoms with Crippen LogP contribution in [0.1, 0.15) is 49.0 Å². The lowest BCUT2D eigenvalue weighted by Crippen LogP contribution is -2.36. The first-order valence-electron chi connectivity index (χ1n) is 9.44. The van der Waals surface area contributed by atoms with Crippen LogP contribution in [0.25, 0.3) is 0 Å². The molecule has 1 unspecified atom stereocenters. The van der Waals surface area contributed by atoms with Gasteiger partial charge in [0.05, 0.1) is 4.90 Å². The number of aryl methyl sites for hydroxylation is 1. The first kappa shape index (κ1) is 19.6. The van der Waals surface area contributed by atoms with Gasteiger partial charge in [-0.3, -0.25) is 4.79 Å². The molecule has 0 radical (unpaired) electrons. The molecular formula is C21H26N2O3S. The van der Waals surface area contributed by atoms with E-state index < -0.39 is 10.0 Å². The fourth-order valence-electron chi connectivity index (χ4n) is 3.51. The minimum absolute atomic E-state index is 0.0538. The summed E-state index contributed by atoms with van der Waals surface area (Å²) in [4.78, 5) is 14.9. The topological polar surface area (TPSA) is 66.5 Å². The quantitative estimate of drug-likeness (QED) is 0.822. The molecule has 1 heterocycles. The summed E-state index contributed by atoms with van der Waals surface area (Å²) < 4.78 is 28.0. The second kappa shape index (κ2) is 8.23. The summed E-state index contributed by atoms with van der Waals surface area (Å²) in [6.07, 6.45) is 3.30. The van der Waals surface area contributed by atoms with Crippen molar-refractivity contribution in [1.29, 1.82) is 0 Å². The number of amides is 1. The highest BCUT2D eigenvalue weighted by molar-refractivity contribution is 7.89. The number of fused-ring (bicyclic) bond motifs is 1. The number of nitrogens with zero attached hydrogens (tertiary/aromatic N) is 1. The molecule has 2 aromatic rings. The second-order valence-electron chi connectivity index (χ2n) is 7.03. The molecule has 0 spiro atoms. The average Bonchev–Trinajstić information content (AvgIpc) is 2.67. The van der Waals surface area contributed by atoms with Crippen molar-refractivity contribution in [3.63, 3.8) is 0 Å². The Bertz CT molecular complexity index is 910. The van der Waals surface area contributed by atoms with Crippen LogP contribution in [0.3, 0.4) is 0 Å². The molecule has 0 saturated heterocycles. The van der Waals surface area contributed by atoms with Gasteiger partial charge in [0.15, 0.2) is 0 Å². The van der Waals surface area contributed by atoms with E-state index in [1.807, 2.05) is 32.0 Å². The molecule has 144 valence electrons. The normalized spacial score (nSPS) is 15.3. The molecule has 6 heteroatoms. The maximum absolute atomic E-state index is 12.9. The van der Waals surface area contributed by atoms with E-state index in [4.69, 9.17) is 0 Å². The van der Waals surface area contributed by atoms with Crippen molar-refractivity contribution >= 4 is 21.6 Å². The Morgan fingerprint density at radius 2 is 1.93 bits per heavy atom. The molecule has 1 N–H and O–H groups in total. The molecule has 0 aromatic heterocycles. The van der Waals surface area contributed by atoms with Crippen molar-refractivity contribution in [2.24, 2.45) is 0 Å². The Balaban J connectivity index is 1.88. The number of benzene rings is 2. The molecule has 1 atom stereocenters. The monoisotopic (exact) mass is 386 g/mol. The lowest BCUT2D eigenvalue weighted by Gasteiger charge is -2.30. The van der Waals surface area contributed by atoms with Crippen LogP contribution < -0.4 is 9.62 Å². The Kier molecular flexibility index (Phi) is 5.97. The summed E-state index contributed by atoms with van der Waals surface area (Å²) in [5.74, 6) is -0.0538. The van der Waals surface area contributed by atoms with E-state index in [0.717, 1.165) is 36.9 Å². The Morgan fingerprint density at radius 1 is 1.19 bits per heavy atom. The van der Waals surface area contributed by atoms with E-state index in [1.165, 1.54) is 0 Å². The smallest absolute Gasteiger partial charge is 0.258 e. The maximum atomic E-state index is 12.9. The van der Waals surface area contributed by atoms with Crippen LogP contribution in [0.15, 0.2) is 53.4 Å². The van der Waals surface area contributed by atoms with Crippen LogP contribution in [0.2, 0.25) is 0 Å². The van der Waals surface area contributed by atoms with Crippen LogP contribution in [0.5, 0.6) is 0 Å². The lowest BCUT2D eigenvalue weighted by molar-refractivity contribution is 0.0985. The molecular weight excluding hydrogens is 360 g/mol. The van der Waals surface area contributed by atoms with Gasteiger partial charge < -0.3 is 4.90 Å². The van der Waals surface area contributed by atoms with Gasteiger partial charge in [0.25, 0.3) is 5.91 Å². The highest BCUT2D eigenvalue weighted by atomic mass is 32.2. The minimum atomic E-state index is -3.56. The number of sulfonamides is 1. The first-order chi connectivity index (χ1) is 12.9. The third kappa shape index (κ3) is 4.39. The molecule has 1 aliphatic heterocycles. The first-order valence-corrected chi connectivity index (χ1v) is 10.9. The van der Waals surface area contributed by atoms with Gasteiger partial charge in [0, 0.05) is 23.8 Å². The van der Waals surface area contributed by atoms with E-state index in [2.05, 4.69) is 4.72 Å². The highest BCUT2D eigenvalue weighted by Crippen LogP contribution is 2.30. The van der Waals surface area contributed by atoms with Gasteiger partial charge in [-0.05, 0) is 62.1 Å². The largest absolute Gasteiger partial charge is 0.308 e. The maximum Gasteiger partial charge on any atom is 0.258 e. The third-order valence-electron chi connectivity index (χ3n) is 4.82. The molecule has 27 heavy (non-hydrogen) atoms. The van der Waals surface area contributed by atoms with Gasteiger partial charge in [-0.2, -0.15) is 0 Å². The van der Waals surface area contributed by atoms with Gasteiger partial charge >= 0.3 is 0 Å². The molecule has 0 bridgehead atoms. The van der Waals surface area contributed by atoms with E-state index in [-0.39, 0.29) is 16.8 Å². The standard InChI is InChI=1S/C21H26N2O3S/c1-3-8-16(2)22-27(25,26)19-12-13-20-18(15-19)11-7-14-23(20)21(24)17-9-5-4-6-10-17/h4-6,9-10,12-13,15-16,22H,3,7-8,11,14H2,1-2H3. The predicted molar refractivity (Wildman–Crippen MR) is 108 cm³/mol. The summed E-state index contributed by atoms with van der Waals surface area (Å²) in [7, 11) is -3.56. The molecule has 1 aliphatic rings. The van der Waals surface area contributed by atoms with Gasteiger partial charge in [0.1, 0.15) is 0 Å². The highest BCUT2D eigenvalue weighted by Gasteiger charge is 2.26. The Labute approximate surface area is 161 Å². The minimum Gasteiger partial charge on any atom is -0.308 e. The number of hydrogen-bond donors (Lipinski definition) is 1. The zero-order chi connectivity index (χ0) is 19.4. The Morgan fingerprint density at radius 3 is 2.63 bits per heavy atom. The van der Waals surface area contributed by atoms with Crippen molar-refractivity contribution in [3.05, 3.63) is 59.7 Å². The van der Waals surface area contributed by atoms with Crippen LogP contribution in [0, 0.1) is 0 Å². The molecule has 0 saturated carbocycles. The van der Waals surface area contributed by atoms with Gasteiger partial charge in [-0.25, -0.2) is 13.1 Å². The number of carbonyl (C=O) groups excluding carboxylic acids is 1. The fraction of sp³-hybridized carbons (Fsp3) is 0.381. The van der Waals surface area contributed by atoms with Crippen molar-refractivity contribution < 1.29 is 13.2 Å². The van der Waals surface area contributed by atoms with E-state index >= 15 is 0 Å². The number of hydrogen-bond acceptors (Lipinski definition) is 3. The molecule has 5 nitrogen and oxygen atoms in total. The summed E-state index contributed by atoms with van der Waals surface area (Å²) >= 11 is 0. The van der Waals surface area contributed by atoms with Crippen LogP contribution >= 0.6 is 0 Å². The number of carbonyl (C=O) groups is 1. The number of anilines is 1. The van der Waals surface area contributed by atoms with E-state index in [9.17, 15) is 13.2 Å². The van der Waals surface area contributed by atoms with Crippen LogP contribution in [-0.2, 0) is 16.4 Å². The second-order valence-corrected chi connectivity index (χ2v) is 8.74. The lowest BCUT2D eigenvalue weighted by atomic mass is 10.0. The molecule has 2 aromatic carbocycles. The molecule has 0 aliphatic carbocycles. The van der Waals surface area contributed by atoms with Crippen molar-refractivity contribution in [3.8, 4) is 0 Å². The molecule has 0 fully saturated rings. The van der Waals surface area contributed by atoms with Gasteiger partial charge in [-0.15, -0.1) is 0 Å². The van der Waals surface area contributed by atoms with Gasteiger partial charge in [-0.1, -0.05) is 31.5 Å². The van der Waals surface area contributed by atoms with Crippen molar-refractivity contribution in [2.75, 3.05) is 11.4 Å². The summed E-state index contributed by atoms with van der Waals surface area (Å²) in [5.41, 5.74) is 2.34. The number of rotatable bonds is 6. The summed E-state index contributed by atoms with van der Waals surface area (Å²) in [6, 6.07) is 14.1. The van der Waals surface area contributed by atoms with Crippen LogP contribution in [0.4, 0.5) is 5.69 Å². The van der Waals surface area contributed by atoms with E-state index in [1.54, 1.807) is 35.2 Å². The number of nitrogens with one attached hydrogen (secondary N) is 1.